The summed E-state index contributed by atoms with van der Waals surface area (Å²) < 4.78 is 5.40. The summed E-state index contributed by atoms with van der Waals surface area (Å²) in [6.45, 7) is 6.90. The highest BCUT2D eigenvalue weighted by atomic mass is 35.5. The van der Waals surface area contributed by atoms with Gasteiger partial charge >= 0.3 is 6.09 Å². The van der Waals surface area contributed by atoms with Crippen LogP contribution in [0, 0.1) is 0 Å². The Morgan fingerprint density at radius 1 is 1.43 bits per heavy atom. The van der Waals surface area contributed by atoms with Crippen LogP contribution < -0.4 is 5.32 Å². The molecule has 1 saturated heterocycles. The summed E-state index contributed by atoms with van der Waals surface area (Å²) in [5.41, 5.74) is -0.475. The monoisotopic (exact) mass is 312 g/mol. The molecule has 1 amide bonds. The van der Waals surface area contributed by atoms with Crippen molar-refractivity contribution in [2.75, 3.05) is 18.4 Å². The smallest absolute Gasteiger partial charge is 0.410 e. The number of carbonyl (C=O) groups excluding carboxylic acids is 1. The van der Waals surface area contributed by atoms with Crippen LogP contribution in [-0.2, 0) is 4.74 Å². The van der Waals surface area contributed by atoms with Gasteiger partial charge in [0.05, 0.1) is 17.4 Å². The first-order valence-electron chi connectivity index (χ1n) is 7.05. The van der Waals surface area contributed by atoms with Crippen molar-refractivity contribution in [2.45, 2.75) is 45.3 Å². The molecule has 1 unspecified atom stereocenters. The molecule has 0 radical (unpaired) electrons. The van der Waals surface area contributed by atoms with Crippen molar-refractivity contribution in [3.8, 4) is 0 Å². The van der Waals surface area contributed by atoms with Crippen LogP contribution in [0.4, 0.5) is 10.7 Å². The first-order valence-corrected chi connectivity index (χ1v) is 7.43. The number of ether oxygens (including phenoxy) is 1. The second kappa shape index (κ2) is 6.47. The number of rotatable bonds is 2. The van der Waals surface area contributed by atoms with Crippen LogP contribution in [0.1, 0.15) is 33.6 Å². The molecule has 1 aliphatic heterocycles. The topological polar surface area (TPSA) is 67.3 Å². The fourth-order valence-corrected chi connectivity index (χ4v) is 2.25. The quantitative estimate of drug-likeness (QED) is 0.909. The molecule has 1 aromatic heterocycles. The Labute approximate surface area is 129 Å². The molecule has 2 heterocycles. The molecule has 0 bridgehead atoms. The highest BCUT2D eigenvalue weighted by Gasteiger charge is 2.27. The predicted molar refractivity (Wildman–Crippen MR) is 81.5 cm³/mol. The molecule has 7 heteroatoms. The molecule has 1 N–H and O–H groups in total. The lowest BCUT2D eigenvalue weighted by Crippen LogP contribution is -2.47. The molecule has 0 saturated carbocycles. The number of likely N-dealkylation sites (tertiary alicyclic amines) is 1. The van der Waals surface area contributed by atoms with Crippen molar-refractivity contribution in [1.82, 2.24) is 14.9 Å². The number of hydrogen-bond donors (Lipinski definition) is 1. The molecule has 21 heavy (non-hydrogen) atoms. The van der Waals surface area contributed by atoms with Crippen molar-refractivity contribution in [2.24, 2.45) is 0 Å². The minimum atomic E-state index is -0.475. The van der Waals surface area contributed by atoms with E-state index in [-0.39, 0.29) is 12.1 Å². The lowest BCUT2D eigenvalue weighted by Gasteiger charge is -2.34. The molecule has 0 aromatic carbocycles. The Kier molecular flexibility index (Phi) is 4.88. The molecule has 6 nitrogen and oxygen atoms in total. The number of halogens is 1. The number of nitrogens with one attached hydrogen (secondary N) is 1. The third-order valence-electron chi connectivity index (χ3n) is 3.03. The number of amides is 1. The fourth-order valence-electron chi connectivity index (χ4n) is 2.16. The maximum atomic E-state index is 12.1. The summed E-state index contributed by atoms with van der Waals surface area (Å²) in [4.78, 5) is 22.0. The zero-order valence-electron chi connectivity index (χ0n) is 12.6. The third kappa shape index (κ3) is 5.04. The van der Waals surface area contributed by atoms with E-state index in [4.69, 9.17) is 16.3 Å². The molecule has 1 aliphatic rings. The van der Waals surface area contributed by atoms with Gasteiger partial charge in [0, 0.05) is 19.1 Å². The number of carbonyl (C=O) groups is 1. The maximum Gasteiger partial charge on any atom is 0.410 e. The van der Waals surface area contributed by atoms with Crippen LogP contribution in [0.3, 0.4) is 0 Å². The van der Waals surface area contributed by atoms with Gasteiger partial charge in [0.25, 0.3) is 0 Å². The highest BCUT2D eigenvalue weighted by molar-refractivity contribution is 6.30. The van der Waals surface area contributed by atoms with E-state index >= 15 is 0 Å². The molecule has 1 aromatic rings. The van der Waals surface area contributed by atoms with Crippen LogP contribution in [0.2, 0.25) is 5.02 Å². The number of aromatic nitrogens is 2. The third-order valence-corrected chi connectivity index (χ3v) is 3.22. The molecule has 116 valence electrons. The van der Waals surface area contributed by atoms with Crippen molar-refractivity contribution in [3.05, 3.63) is 17.4 Å². The normalized spacial score (nSPS) is 19.2. The zero-order valence-corrected chi connectivity index (χ0v) is 13.4. The maximum absolute atomic E-state index is 12.1. The average Bonchev–Trinajstić information content (AvgIpc) is 2.40. The van der Waals surface area contributed by atoms with Gasteiger partial charge in [0.15, 0.2) is 0 Å². The second-order valence-corrected chi connectivity index (χ2v) is 6.57. The van der Waals surface area contributed by atoms with Gasteiger partial charge < -0.3 is 15.0 Å². The van der Waals surface area contributed by atoms with Gasteiger partial charge in [-0.15, -0.1) is 0 Å². The summed E-state index contributed by atoms with van der Waals surface area (Å²) in [7, 11) is 0. The van der Waals surface area contributed by atoms with Crippen LogP contribution in [-0.4, -0.2) is 45.7 Å². The summed E-state index contributed by atoms with van der Waals surface area (Å²) in [6.07, 6.45) is 4.71. The van der Waals surface area contributed by atoms with Crippen LogP contribution in [0.5, 0.6) is 0 Å². The molecular formula is C14H21ClN4O2. The standard InChI is InChI=1S/C14H21ClN4O2/c1-14(2,3)21-13(20)19-6-4-5-11(9-19)18-12-16-7-10(15)8-17-12/h7-8,11H,4-6,9H2,1-3H3,(H,16,17,18). The predicted octanol–water partition coefficient (Wildman–Crippen LogP) is 2.94. The van der Waals surface area contributed by atoms with E-state index in [1.165, 1.54) is 0 Å². The molecule has 0 spiro atoms. The minimum absolute atomic E-state index is 0.118. The summed E-state index contributed by atoms with van der Waals surface area (Å²) in [6, 6.07) is 0.118. The minimum Gasteiger partial charge on any atom is -0.444 e. The Balaban J connectivity index is 1.91. The number of piperidine rings is 1. The Morgan fingerprint density at radius 3 is 2.71 bits per heavy atom. The zero-order chi connectivity index (χ0) is 15.5. The largest absolute Gasteiger partial charge is 0.444 e. The molecular weight excluding hydrogens is 292 g/mol. The molecule has 2 rings (SSSR count). The average molecular weight is 313 g/mol. The van der Waals surface area contributed by atoms with Gasteiger partial charge in [-0.2, -0.15) is 0 Å². The van der Waals surface area contributed by atoms with E-state index < -0.39 is 5.60 Å². The number of hydrogen-bond acceptors (Lipinski definition) is 5. The summed E-state index contributed by atoms with van der Waals surface area (Å²) in [5.74, 6) is 0.524. The van der Waals surface area contributed by atoms with Crippen molar-refractivity contribution in [1.29, 1.82) is 0 Å². The lowest BCUT2D eigenvalue weighted by atomic mass is 10.1. The van der Waals surface area contributed by atoms with Crippen LogP contribution in [0.25, 0.3) is 0 Å². The second-order valence-electron chi connectivity index (χ2n) is 6.13. The van der Waals surface area contributed by atoms with E-state index in [0.29, 0.717) is 24.1 Å². The van der Waals surface area contributed by atoms with Gasteiger partial charge in [0.2, 0.25) is 5.95 Å². The molecule has 1 fully saturated rings. The number of nitrogens with zero attached hydrogens (tertiary/aromatic N) is 3. The van der Waals surface area contributed by atoms with Gasteiger partial charge in [0.1, 0.15) is 5.60 Å². The van der Waals surface area contributed by atoms with Crippen molar-refractivity contribution >= 4 is 23.6 Å². The van der Waals surface area contributed by atoms with Gasteiger partial charge in [-0.25, -0.2) is 14.8 Å². The molecule has 0 aliphatic carbocycles. The first-order chi connectivity index (χ1) is 9.83. The fraction of sp³-hybridized carbons (Fsp3) is 0.643. The first kappa shape index (κ1) is 15.8. The van der Waals surface area contributed by atoms with Crippen LogP contribution >= 0.6 is 11.6 Å². The summed E-state index contributed by atoms with van der Waals surface area (Å²) in [5, 5.41) is 3.73. The van der Waals surface area contributed by atoms with E-state index in [2.05, 4.69) is 15.3 Å². The Bertz CT molecular complexity index is 487. The van der Waals surface area contributed by atoms with Gasteiger partial charge in [-0.1, -0.05) is 11.6 Å². The Morgan fingerprint density at radius 2 is 2.10 bits per heavy atom. The molecule has 1 atom stereocenters. The highest BCUT2D eigenvalue weighted by Crippen LogP contribution is 2.17. The van der Waals surface area contributed by atoms with Gasteiger partial charge in [-0.05, 0) is 33.6 Å². The summed E-state index contributed by atoms with van der Waals surface area (Å²) >= 11 is 5.76. The lowest BCUT2D eigenvalue weighted by molar-refractivity contribution is 0.0206. The Hall–Kier alpha value is -1.56. The van der Waals surface area contributed by atoms with Crippen molar-refractivity contribution < 1.29 is 9.53 Å². The van der Waals surface area contributed by atoms with Crippen molar-refractivity contribution in [3.63, 3.8) is 0 Å². The number of anilines is 1. The van der Waals surface area contributed by atoms with E-state index in [0.717, 1.165) is 12.8 Å². The SMILES string of the molecule is CC(C)(C)OC(=O)N1CCCC(Nc2ncc(Cl)cn2)C1. The van der Waals surface area contributed by atoms with E-state index in [1.807, 2.05) is 20.8 Å². The van der Waals surface area contributed by atoms with E-state index in [1.54, 1.807) is 17.3 Å². The van der Waals surface area contributed by atoms with Gasteiger partial charge in [-0.3, -0.25) is 0 Å². The van der Waals surface area contributed by atoms with Crippen LogP contribution in [0.15, 0.2) is 12.4 Å². The van der Waals surface area contributed by atoms with E-state index in [9.17, 15) is 4.79 Å².